The summed E-state index contributed by atoms with van der Waals surface area (Å²) in [4.78, 5) is 0.257. The number of thiocarbonyl (C=S) groups is 1. The standard InChI is InChI=1S/C13H17ClN2O2S2/c1-8-2-4-10(6-8)16-20(17,18)12-5-3-9(13(15)19)7-11(12)14/h3,5,7-8,10,16H,2,4,6H2,1H3,(H2,15,19). The highest BCUT2D eigenvalue weighted by atomic mass is 35.5. The Balaban J connectivity index is 2.23. The number of benzene rings is 1. The first-order valence-electron chi connectivity index (χ1n) is 6.41. The fourth-order valence-electron chi connectivity index (χ4n) is 2.47. The van der Waals surface area contributed by atoms with Gasteiger partial charge in [-0.05, 0) is 37.3 Å². The van der Waals surface area contributed by atoms with Crippen LogP contribution in [0.3, 0.4) is 0 Å². The Kier molecular flexibility index (Phi) is 4.69. The average Bonchev–Trinajstić information content (AvgIpc) is 2.73. The summed E-state index contributed by atoms with van der Waals surface area (Å²) in [5.74, 6) is 0.551. The van der Waals surface area contributed by atoms with Gasteiger partial charge in [-0.1, -0.05) is 36.8 Å². The lowest BCUT2D eigenvalue weighted by Gasteiger charge is -2.14. The highest BCUT2D eigenvalue weighted by Crippen LogP contribution is 2.28. The van der Waals surface area contributed by atoms with Gasteiger partial charge in [0.15, 0.2) is 0 Å². The molecule has 1 aromatic rings. The summed E-state index contributed by atoms with van der Waals surface area (Å²) in [7, 11) is -3.61. The molecule has 1 aliphatic carbocycles. The zero-order valence-electron chi connectivity index (χ0n) is 11.1. The number of sulfonamides is 1. The van der Waals surface area contributed by atoms with Crippen LogP contribution in [0.25, 0.3) is 0 Å². The predicted octanol–water partition coefficient (Wildman–Crippen LogP) is 2.44. The Morgan fingerprint density at radius 3 is 2.65 bits per heavy atom. The molecule has 1 saturated carbocycles. The van der Waals surface area contributed by atoms with E-state index in [2.05, 4.69) is 11.6 Å². The molecule has 0 bridgehead atoms. The van der Waals surface area contributed by atoms with Crippen molar-refractivity contribution >= 4 is 38.8 Å². The third-order valence-electron chi connectivity index (χ3n) is 3.52. The van der Waals surface area contributed by atoms with Crippen LogP contribution in [0.5, 0.6) is 0 Å². The van der Waals surface area contributed by atoms with E-state index in [4.69, 9.17) is 29.6 Å². The van der Waals surface area contributed by atoms with Gasteiger partial charge in [-0.25, -0.2) is 13.1 Å². The molecule has 0 aromatic heterocycles. The lowest BCUT2D eigenvalue weighted by molar-refractivity contribution is 0.538. The van der Waals surface area contributed by atoms with Crippen LogP contribution >= 0.6 is 23.8 Å². The van der Waals surface area contributed by atoms with E-state index in [9.17, 15) is 8.42 Å². The summed E-state index contributed by atoms with van der Waals surface area (Å²) in [5, 5.41) is 0.133. The first-order chi connectivity index (χ1) is 9.29. The van der Waals surface area contributed by atoms with Crippen molar-refractivity contribution in [2.45, 2.75) is 37.1 Å². The molecule has 1 aromatic carbocycles. The van der Waals surface area contributed by atoms with E-state index < -0.39 is 10.0 Å². The molecule has 3 N–H and O–H groups in total. The largest absolute Gasteiger partial charge is 0.389 e. The van der Waals surface area contributed by atoms with E-state index in [0.29, 0.717) is 11.5 Å². The Morgan fingerprint density at radius 2 is 2.15 bits per heavy atom. The second-order valence-corrected chi connectivity index (χ2v) is 7.78. The molecule has 0 amide bonds. The van der Waals surface area contributed by atoms with Gasteiger partial charge < -0.3 is 5.73 Å². The van der Waals surface area contributed by atoms with Gasteiger partial charge in [-0.15, -0.1) is 0 Å². The van der Waals surface area contributed by atoms with E-state index in [1.54, 1.807) is 6.07 Å². The zero-order chi connectivity index (χ0) is 14.9. The second-order valence-electron chi connectivity index (χ2n) is 5.25. The number of rotatable bonds is 4. The number of halogens is 1. The maximum atomic E-state index is 12.3. The third kappa shape index (κ3) is 3.49. The van der Waals surface area contributed by atoms with Crippen LogP contribution in [0.2, 0.25) is 5.02 Å². The Hall–Kier alpha value is -0.690. The number of nitrogens with two attached hydrogens (primary N) is 1. The van der Waals surface area contributed by atoms with Crippen molar-refractivity contribution in [2.75, 3.05) is 0 Å². The Labute approximate surface area is 129 Å². The Morgan fingerprint density at radius 1 is 1.45 bits per heavy atom. The molecule has 20 heavy (non-hydrogen) atoms. The molecule has 0 saturated heterocycles. The molecule has 0 heterocycles. The second kappa shape index (κ2) is 5.97. The molecule has 2 atom stereocenters. The molecule has 0 aliphatic heterocycles. The van der Waals surface area contributed by atoms with Gasteiger partial charge >= 0.3 is 0 Å². The summed E-state index contributed by atoms with van der Waals surface area (Å²) in [6.07, 6.45) is 2.77. The van der Waals surface area contributed by atoms with Gasteiger partial charge in [0.1, 0.15) is 9.88 Å². The van der Waals surface area contributed by atoms with Crippen LogP contribution in [0.4, 0.5) is 0 Å². The van der Waals surface area contributed by atoms with Crippen LogP contribution < -0.4 is 10.5 Å². The first-order valence-corrected chi connectivity index (χ1v) is 8.68. The topological polar surface area (TPSA) is 72.2 Å². The van der Waals surface area contributed by atoms with E-state index in [0.717, 1.165) is 19.3 Å². The minimum Gasteiger partial charge on any atom is -0.389 e. The summed E-state index contributed by atoms with van der Waals surface area (Å²) in [6, 6.07) is 4.48. The molecule has 2 unspecified atom stereocenters. The Bertz CT molecular complexity index is 631. The van der Waals surface area contributed by atoms with Gasteiger partial charge in [-0.3, -0.25) is 0 Å². The maximum Gasteiger partial charge on any atom is 0.242 e. The highest BCUT2D eigenvalue weighted by Gasteiger charge is 2.27. The smallest absolute Gasteiger partial charge is 0.242 e. The van der Waals surface area contributed by atoms with Crippen LogP contribution in [0, 0.1) is 5.92 Å². The summed E-state index contributed by atoms with van der Waals surface area (Å²) < 4.78 is 27.4. The van der Waals surface area contributed by atoms with E-state index in [1.807, 2.05) is 0 Å². The van der Waals surface area contributed by atoms with E-state index in [-0.39, 0.29) is 20.9 Å². The summed E-state index contributed by atoms with van der Waals surface area (Å²) in [6.45, 7) is 2.12. The molecule has 110 valence electrons. The van der Waals surface area contributed by atoms with E-state index in [1.165, 1.54) is 12.1 Å². The van der Waals surface area contributed by atoms with E-state index >= 15 is 0 Å². The van der Waals surface area contributed by atoms with Crippen molar-refractivity contribution in [3.8, 4) is 0 Å². The third-order valence-corrected chi connectivity index (χ3v) is 5.76. The molecule has 1 aliphatic rings. The number of hydrogen-bond acceptors (Lipinski definition) is 3. The molecular formula is C13H17ClN2O2S2. The van der Waals surface area contributed by atoms with Crippen molar-refractivity contribution in [3.05, 3.63) is 28.8 Å². The fraction of sp³-hybridized carbons (Fsp3) is 0.462. The van der Waals surface area contributed by atoms with Gasteiger partial charge in [0.05, 0.1) is 5.02 Å². The lowest BCUT2D eigenvalue weighted by Crippen LogP contribution is -2.33. The molecule has 0 spiro atoms. The molecule has 4 nitrogen and oxygen atoms in total. The minimum atomic E-state index is -3.61. The predicted molar refractivity (Wildman–Crippen MR) is 84.5 cm³/mol. The number of hydrogen-bond donors (Lipinski definition) is 2. The van der Waals surface area contributed by atoms with Crippen LogP contribution in [0.15, 0.2) is 23.1 Å². The van der Waals surface area contributed by atoms with Crippen molar-refractivity contribution in [1.82, 2.24) is 4.72 Å². The zero-order valence-corrected chi connectivity index (χ0v) is 13.5. The number of nitrogens with one attached hydrogen (secondary N) is 1. The van der Waals surface area contributed by atoms with Crippen molar-refractivity contribution in [2.24, 2.45) is 11.7 Å². The van der Waals surface area contributed by atoms with Gasteiger partial charge in [0.25, 0.3) is 0 Å². The minimum absolute atomic E-state index is 0.0127. The van der Waals surface area contributed by atoms with Crippen LogP contribution in [-0.2, 0) is 10.0 Å². The van der Waals surface area contributed by atoms with Gasteiger partial charge in [0.2, 0.25) is 10.0 Å². The van der Waals surface area contributed by atoms with Gasteiger partial charge in [0, 0.05) is 11.6 Å². The normalized spacial score (nSPS) is 22.9. The van der Waals surface area contributed by atoms with Crippen LogP contribution in [-0.4, -0.2) is 19.4 Å². The lowest BCUT2D eigenvalue weighted by atomic mass is 10.1. The summed E-state index contributed by atoms with van der Waals surface area (Å²) in [5.41, 5.74) is 6.05. The van der Waals surface area contributed by atoms with Gasteiger partial charge in [-0.2, -0.15) is 0 Å². The molecule has 1 fully saturated rings. The monoisotopic (exact) mass is 332 g/mol. The van der Waals surface area contributed by atoms with Crippen LogP contribution in [0.1, 0.15) is 31.7 Å². The summed E-state index contributed by atoms with van der Waals surface area (Å²) >= 11 is 10.9. The van der Waals surface area contributed by atoms with Crippen molar-refractivity contribution < 1.29 is 8.42 Å². The quantitative estimate of drug-likeness (QED) is 0.831. The molecular weight excluding hydrogens is 316 g/mol. The molecule has 2 rings (SSSR count). The molecule has 0 radical (unpaired) electrons. The average molecular weight is 333 g/mol. The van der Waals surface area contributed by atoms with Crippen molar-refractivity contribution in [3.63, 3.8) is 0 Å². The highest BCUT2D eigenvalue weighted by molar-refractivity contribution is 7.89. The fourth-order valence-corrected chi connectivity index (χ4v) is 4.42. The van der Waals surface area contributed by atoms with Crippen molar-refractivity contribution in [1.29, 1.82) is 0 Å². The SMILES string of the molecule is CC1CCC(NS(=O)(=O)c2ccc(C(N)=S)cc2Cl)C1. The first kappa shape index (κ1) is 15.7. The maximum absolute atomic E-state index is 12.3. The molecule has 7 heteroatoms.